The molecule has 19 heavy (non-hydrogen) atoms. The Hall–Kier alpha value is -1.44. The molecule has 0 unspecified atom stereocenters. The molecule has 0 heterocycles. The maximum Gasteiger partial charge on any atom is 0.337 e. The minimum absolute atomic E-state index is 0.0343. The fourth-order valence-electron chi connectivity index (χ4n) is 1.43. The van der Waals surface area contributed by atoms with E-state index in [1.54, 1.807) is 6.92 Å². The first kappa shape index (κ1) is 15.6. The van der Waals surface area contributed by atoms with E-state index in [0.29, 0.717) is 6.42 Å². The number of aliphatic hydroxyl groups excluding tert-OH is 1. The average molecular weight is 287 g/mol. The van der Waals surface area contributed by atoms with Crippen molar-refractivity contribution in [3.63, 3.8) is 0 Å². The molecule has 0 aromatic heterocycles. The maximum absolute atomic E-state index is 12.0. The van der Waals surface area contributed by atoms with E-state index in [4.69, 9.17) is 5.11 Å². The van der Waals surface area contributed by atoms with Gasteiger partial charge in [0, 0.05) is 6.04 Å². The lowest BCUT2D eigenvalue weighted by molar-refractivity contribution is 0.0600. The van der Waals surface area contributed by atoms with Crippen LogP contribution >= 0.6 is 0 Å². The Labute approximate surface area is 112 Å². The molecule has 1 aromatic rings. The Bertz CT molecular complexity index is 520. The third kappa shape index (κ3) is 4.02. The fourth-order valence-corrected chi connectivity index (χ4v) is 2.74. The molecule has 2 N–H and O–H groups in total. The van der Waals surface area contributed by atoms with Crippen LogP contribution in [0.3, 0.4) is 0 Å². The van der Waals surface area contributed by atoms with Gasteiger partial charge in [-0.25, -0.2) is 17.9 Å². The lowest BCUT2D eigenvalue weighted by Crippen LogP contribution is -2.36. The normalized spacial score (nSPS) is 13.0. The minimum atomic E-state index is -3.70. The van der Waals surface area contributed by atoms with Crippen LogP contribution in [0.5, 0.6) is 0 Å². The van der Waals surface area contributed by atoms with Crippen molar-refractivity contribution in [1.29, 1.82) is 0 Å². The summed E-state index contributed by atoms with van der Waals surface area (Å²) in [6.45, 7) is 1.50. The fraction of sp³-hybridized carbons (Fsp3) is 0.417. The van der Waals surface area contributed by atoms with Gasteiger partial charge in [-0.3, -0.25) is 0 Å². The second-order valence-corrected chi connectivity index (χ2v) is 5.64. The molecule has 0 aliphatic heterocycles. The van der Waals surface area contributed by atoms with E-state index in [-0.39, 0.29) is 17.1 Å². The van der Waals surface area contributed by atoms with E-state index in [1.165, 1.54) is 31.4 Å². The average Bonchev–Trinajstić information content (AvgIpc) is 2.44. The number of hydrogen-bond donors (Lipinski definition) is 2. The third-order valence-electron chi connectivity index (χ3n) is 2.62. The number of nitrogens with one attached hydrogen (secondary N) is 1. The molecular weight excluding hydrogens is 270 g/mol. The molecule has 0 aliphatic carbocycles. The van der Waals surface area contributed by atoms with Crippen molar-refractivity contribution in [1.82, 2.24) is 4.72 Å². The molecule has 7 heteroatoms. The summed E-state index contributed by atoms with van der Waals surface area (Å²) in [5, 5.41) is 9.00. The molecule has 0 bridgehead atoms. The standard InChI is InChI=1S/C12H17NO5S/c1-3-10(8-14)13-19(16,17)11-6-4-9(5-7-11)12(15)18-2/h4-7,10,13-14H,3,8H2,1-2H3/t10-/m1/s1. The lowest BCUT2D eigenvalue weighted by atomic mass is 10.2. The van der Waals surface area contributed by atoms with Gasteiger partial charge >= 0.3 is 5.97 Å². The molecule has 0 saturated heterocycles. The van der Waals surface area contributed by atoms with Crippen LogP contribution in [0.4, 0.5) is 0 Å². The van der Waals surface area contributed by atoms with E-state index >= 15 is 0 Å². The van der Waals surface area contributed by atoms with Crippen LogP contribution in [0.25, 0.3) is 0 Å². The molecule has 6 nitrogen and oxygen atoms in total. The Balaban J connectivity index is 2.93. The largest absolute Gasteiger partial charge is 0.465 e. The summed E-state index contributed by atoms with van der Waals surface area (Å²) in [5.74, 6) is -0.529. The highest BCUT2D eigenvalue weighted by Crippen LogP contribution is 2.12. The van der Waals surface area contributed by atoms with Crippen LogP contribution in [0, 0.1) is 0 Å². The zero-order valence-electron chi connectivity index (χ0n) is 10.8. The van der Waals surface area contributed by atoms with Gasteiger partial charge in [0.25, 0.3) is 0 Å². The van der Waals surface area contributed by atoms with Gasteiger partial charge < -0.3 is 9.84 Å². The van der Waals surface area contributed by atoms with Crippen LogP contribution < -0.4 is 4.72 Å². The van der Waals surface area contributed by atoms with Gasteiger partial charge in [-0.1, -0.05) is 6.92 Å². The van der Waals surface area contributed by atoms with Gasteiger partial charge in [0.1, 0.15) is 0 Å². The zero-order valence-corrected chi connectivity index (χ0v) is 11.6. The SMILES string of the molecule is CC[C@H](CO)NS(=O)(=O)c1ccc(C(=O)OC)cc1. The summed E-state index contributed by atoms with van der Waals surface area (Å²) in [6, 6.07) is 4.86. The van der Waals surface area contributed by atoms with Crippen LogP contribution in [0.1, 0.15) is 23.7 Å². The summed E-state index contributed by atoms with van der Waals surface area (Å²) in [5.41, 5.74) is 0.274. The second kappa shape index (κ2) is 6.65. The molecule has 0 radical (unpaired) electrons. The number of methoxy groups -OCH3 is 1. The molecule has 0 spiro atoms. The molecule has 0 aliphatic rings. The van der Waals surface area contributed by atoms with Crippen LogP contribution in [0.15, 0.2) is 29.2 Å². The van der Waals surface area contributed by atoms with Crippen molar-refractivity contribution < 1.29 is 23.1 Å². The van der Waals surface area contributed by atoms with E-state index in [9.17, 15) is 13.2 Å². The van der Waals surface area contributed by atoms with Crippen molar-refractivity contribution in [3.8, 4) is 0 Å². The summed E-state index contributed by atoms with van der Waals surface area (Å²) in [4.78, 5) is 11.3. The summed E-state index contributed by atoms with van der Waals surface area (Å²) >= 11 is 0. The number of aliphatic hydroxyl groups is 1. The highest BCUT2D eigenvalue weighted by Gasteiger charge is 2.18. The molecule has 106 valence electrons. The molecular formula is C12H17NO5S. The zero-order chi connectivity index (χ0) is 14.5. The Morgan fingerprint density at radius 1 is 1.37 bits per heavy atom. The molecule has 0 fully saturated rings. The number of benzene rings is 1. The van der Waals surface area contributed by atoms with Crippen molar-refractivity contribution in [3.05, 3.63) is 29.8 Å². The smallest absolute Gasteiger partial charge is 0.337 e. The van der Waals surface area contributed by atoms with Gasteiger partial charge in [-0.15, -0.1) is 0 Å². The molecule has 1 rings (SSSR count). The quantitative estimate of drug-likeness (QED) is 0.744. The second-order valence-electron chi connectivity index (χ2n) is 3.92. The van der Waals surface area contributed by atoms with Crippen LogP contribution in [0.2, 0.25) is 0 Å². The summed E-state index contributed by atoms with van der Waals surface area (Å²) in [7, 11) is -2.44. The number of hydrogen-bond acceptors (Lipinski definition) is 5. The van der Waals surface area contributed by atoms with E-state index in [0.717, 1.165) is 0 Å². The van der Waals surface area contributed by atoms with Crippen molar-refractivity contribution in [2.75, 3.05) is 13.7 Å². The number of carbonyl (C=O) groups is 1. The third-order valence-corrected chi connectivity index (χ3v) is 4.16. The number of sulfonamides is 1. The highest BCUT2D eigenvalue weighted by atomic mass is 32.2. The van der Waals surface area contributed by atoms with Gasteiger partial charge in [0.2, 0.25) is 10.0 Å². The first-order valence-electron chi connectivity index (χ1n) is 5.76. The van der Waals surface area contributed by atoms with E-state index in [1.807, 2.05) is 0 Å². The summed E-state index contributed by atoms with van der Waals surface area (Å²) < 4.78 is 30.8. The van der Waals surface area contributed by atoms with Gasteiger partial charge in [-0.05, 0) is 30.7 Å². The predicted octanol–water partition coefficient (Wildman–Crippen LogP) is 0.522. The van der Waals surface area contributed by atoms with Crippen LogP contribution in [-0.4, -0.2) is 39.3 Å². The minimum Gasteiger partial charge on any atom is -0.465 e. The van der Waals surface area contributed by atoms with Crippen molar-refractivity contribution in [2.24, 2.45) is 0 Å². The molecule has 1 aromatic carbocycles. The topological polar surface area (TPSA) is 92.7 Å². The Kier molecular flexibility index (Phi) is 5.46. The number of ether oxygens (including phenoxy) is 1. The van der Waals surface area contributed by atoms with E-state index in [2.05, 4.69) is 9.46 Å². The van der Waals surface area contributed by atoms with Gasteiger partial charge in [-0.2, -0.15) is 0 Å². The maximum atomic E-state index is 12.0. The molecule has 0 amide bonds. The molecule has 0 saturated carbocycles. The number of esters is 1. The first-order valence-corrected chi connectivity index (χ1v) is 7.24. The molecule has 1 atom stereocenters. The Morgan fingerprint density at radius 2 is 1.95 bits per heavy atom. The first-order chi connectivity index (χ1) is 8.94. The summed E-state index contributed by atoms with van der Waals surface area (Å²) in [6.07, 6.45) is 0.482. The predicted molar refractivity (Wildman–Crippen MR) is 69.3 cm³/mol. The van der Waals surface area contributed by atoms with Crippen molar-refractivity contribution in [2.45, 2.75) is 24.3 Å². The van der Waals surface area contributed by atoms with Crippen molar-refractivity contribution >= 4 is 16.0 Å². The monoisotopic (exact) mass is 287 g/mol. The van der Waals surface area contributed by atoms with E-state index < -0.39 is 22.0 Å². The van der Waals surface area contributed by atoms with Gasteiger partial charge in [0.15, 0.2) is 0 Å². The van der Waals surface area contributed by atoms with Crippen LogP contribution in [-0.2, 0) is 14.8 Å². The van der Waals surface area contributed by atoms with Gasteiger partial charge in [0.05, 0.1) is 24.2 Å². The Morgan fingerprint density at radius 3 is 2.37 bits per heavy atom. The highest BCUT2D eigenvalue weighted by molar-refractivity contribution is 7.89. The number of carbonyl (C=O) groups excluding carboxylic acids is 1. The lowest BCUT2D eigenvalue weighted by Gasteiger charge is -2.14. The number of rotatable bonds is 6.